The summed E-state index contributed by atoms with van der Waals surface area (Å²) < 4.78 is 11.9. The summed E-state index contributed by atoms with van der Waals surface area (Å²) in [5.41, 5.74) is -0.636. The lowest BCUT2D eigenvalue weighted by atomic mass is 9.39. The lowest BCUT2D eigenvalue weighted by Crippen LogP contribution is -2.66. The number of aliphatic hydroxyl groups is 1. The number of rotatable bonds is 4. The number of carbonyl (C=O) groups excluding carboxylic acids is 2. The van der Waals surface area contributed by atoms with Gasteiger partial charge in [-0.1, -0.05) is 45.4 Å². The first-order valence-electron chi connectivity index (χ1n) is 13.2. The minimum atomic E-state index is -0.561. The van der Waals surface area contributed by atoms with Crippen molar-refractivity contribution in [3.63, 3.8) is 0 Å². The molecule has 0 amide bonds. The number of aliphatic hydroxyl groups excluding tert-OH is 1. The van der Waals surface area contributed by atoms with Gasteiger partial charge in [0.25, 0.3) is 0 Å². The summed E-state index contributed by atoms with van der Waals surface area (Å²) in [6.45, 7) is 8.63. The Bertz CT molecular complexity index is 998. The van der Waals surface area contributed by atoms with Crippen molar-refractivity contribution < 1.29 is 24.2 Å². The number of carbonyl (C=O) groups is 2. The molecule has 0 saturated heterocycles. The topological polar surface area (TPSA) is 72.8 Å². The molecule has 1 spiro atoms. The van der Waals surface area contributed by atoms with Crippen molar-refractivity contribution in [2.75, 3.05) is 6.61 Å². The van der Waals surface area contributed by atoms with Crippen molar-refractivity contribution in [2.45, 2.75) is 90.2 Å². The molecule has 1 aromatic rings. The van der Waals surface area contributed by atoms with Crippen LogP contribution >= 0.6 is 11.6 Å². The van der Waals surface area contributed by atoms with Crippen LogP contribution in [0.2, 0.25) is 0 Å². The molecule has 1 N–H and O–H groups in total. The molecule has 3 unspecified atom stereocenters. The van der Waals surface area contributed by atoms with E-state index in [-0.39, 0.29) is 34.1 Å². The van der Waals surface area contributed by atoms with Gasteiger partial charge in [0, 0.05) is 28.5 Å². The lowest BCUT2D eigenvalue weighted by molar-refractivity contribution is -0.221. The maximum absolute atomic E-state index is 13.3. The lowest BCUT2D eigenvalue weighted by Gasteiger charge is -2.66. The summed E-state index contributed by atoms with van der Waals surface area (Å²) in [6.07, 6.45) is 5.20. The van der Waals surface area contributed by atoms with Crippen LogP contribution in [0, 0.1) is 33.5 Å². The molecule has 9 atom stereocenters. The monoisotopic (exact) mass is 502 g/mol. The van der Waals surface area contributed by atoms with Crippen LogP contribution in [-0.2, 0) is 14.3 Å². The van der Waals surface area contributed by atoms with Crippen molar-refractivity contribution in [1.29, 1.82) is 0 Å². The summed E-state index contributed by atoms with van der Waals surface area (Å²) in [7, 11) is 0. The molecule has 0 aliphatic heterocycles. The summed E-state index contributed by atoms with van der Waals surface area (Å²) >= 11 is 7.15. The van der Waals surface area contributed by atoms with E-state index in [0.29, 0.717) is 24.5 Å². The largest absolute Gasteiger partial charge is 0.465 e. The molecule has 6 heteroatoms. The second kappa shape index (κ2) is 8.48. The van der Waals surface area contributed by atoms with Crippen molar-refractivity contribution >= 4 is 23.5 Å². The Kier molecular flexibility index (Phi) is 6.07. The molecule has 4 saturated carbocycles. The Hall–Kier alpha value is -1.59. The zero-order valence-electron chi connectivity index (χ0n) is 21.4. The van der Waals surface area contributed by atoms with Gasteiger partial charge >= 0.3 is 11.9 Å². The summed E-state index contributed by atoms with van der Waals surface area (Å²) in [6, 6.07) is 9.12. The first-order valence-corrected chi connectivity index (χ1v) is 13.6. The number of hydrogen-bond acceptors (Lipinski definition) is 5. The molecule has 4 aliphatic rings. The molecule has 0 aromatic heterocycles. The standard InChI is InChI=1S/C29H39ClO5/c1-18(31)34-17-26(2)12-8-13-27(3)20(26)11-14-29-21(27)15-22(30)28(4,16-23(29)32)25(29)35-24(33)19-9-6-5-7-10-19/h5-7,9-10,20-23,25,32H,8,11-17H2,1-4H3/t20?,21?,22-,23-,25+,26-,27-,28+,29?/m1/s1. The number of fused-ring (bicyclic) bond motifs is 3. The Morgan fingerprint density at radius 3 is 2.46 bits per heavy atom. The van der Waals surface area contributed by atoms with Crippen molar-refractivity contribution in [2.24, 2.45) is 33.5 Å². The molecular formula is C29H39ClO5. The van der Waals surface area contributed by atoms with Gasteiger partial charge in [-0.15, -0.1) is 11.6 Å². The zero-order valence-corrected chi connectivity index (χ0v) is 22.1. The number of esters is 2. The van der Waals surface area contributed by atoms with Crippen LogP contribution in [0.5, 0.6) is 0 Å². The molecule has 5 rings (SSSR count). The molecule has 4 aliphatic carbocycles. The predicted molar refractivity (Wildman–Crippen MR) is 134 cm³/mol. The number of ether oxygens (including phenoxy) is 2. The average molecular weight is 503 g/mol. The van der Waals surface area contributed by atoms with Gasteiger partial charge in [-0.25, -0.2) is 4.79 Å². The van der Waals surface area contributed by atoms with E-state index in [2.05, 4.69) is 20.8 Å². The smallest absolute Gasteiger partial charge is 0.338 e. The molecule has 5 nitrogen and oxygen atoms in total. The van der Waals surface area contributed by atoms with Gasteiger partial charge in [-0.2, -0.15) is 0 Å². The summed E-state index contributed by atoms with van der Waals surface area (Å²) in [4.78, 5) is 24.9. The second-order valence-electron chi connectivity index (χ2n) is 12.6. The number of hydrogen-bond donors (Lipinski definition) is 1. The van der Waals surface area contributed by atoms with Gasteiger partial charge in [-0.3, -0.25) is 4.79 Å². The Morgan fingerprint density at radius 2 is 1.77 bits per heavy atom. The van der Waals surface area contributed by atoms with E-state index >= 15 is 0 Å². The Balaban J connectivity index is 1.53. The molecule has 0 heterocycles. The molecule has 4 fully saturated rings. The maximum Gasteiger partial charge on any atom is 0.338 e. The third kappa shape index (κ3) is 3.59. The quantitative estimate of drug-likeness (QED) is 0.418. The van der Waals surface area contributed by atoms with E-state index in [9.17, 15) is 14.7 Å². The van der Waals surface area contributed by atoms with E-state index in [1.54, 1.807) is 12.1 Å². The first kappa shape index (κ1) is 25.1. The van der Waals surface area contributed by atoms with E-state index in [4.69, 9.17) is 21.1 Å². The Morgan fingerprint density at radius 1 is 1.06 bits per heavy atom. The highest BCUT2D eigenvalue weighted by molar-refractivity contribution is 6.21. The average Bonchev–Trinajstić information content (AvgIpc) is 2.96. The van der Waals surface area contributed by atoms with E-state index < -0.39 is 23.0 Å². The number of benzene rings is 1. The van der Waals surface area contributed by atoms with E-state index in [1.165, 1.54) is 6.92 Å². The molecule has 2 bridgehead atoms. The minimum absolute atomic E-state index is 0.0808. The SMILES string of the molecule is CC(=O)OC[C@@]1(C)CCC[C@@]2(C)C3C[C@@H](Cl)[C@]4(C)C[C@@H](O)C3(CCC12)[C@H]4OC(=O)c1ccccc1. The van der Waals surface area contributed by atoms with Crippen LogP contribution < -0.4 is 0 Å². The highest BCUT2D eigenvalue weighted by Gasteiger charge is 2.75. The molecule has 1 aromatic carbocycles. The highest BCUT2D eigenvalue weighted by atomic mass is 35.5. The molecule has 35 heavy (non-hydrogen) atoms. The molecule has 192 valence electrons. The Labute approximate surface area is 213 Å². The van der Waals surface area contributed by atoms with E-state index in [0.717, 1.165) is 38.5 Å². The fourth-order valence-electron chi connectivity index (χ4n) is 9.20. The van der Waals surface area contributed by atoms with Gasteiger partial charge in [0.15, 0.2) is 0 Å². The minimum Gasteiger partial charge on any atom is -0.465 e. The molecular weight excluding hydrogens is 464 g/mol. The van der Waals surface area contributed by atoms with Crippen LogP contribution in [0.25, 0.3) is 0 Å². The van der Waals surface area contributed by atoms with Gasteiger partial charge in [0.1, 0.15) is 6.10 Å². The first-order chi connectivity index (χ1) is 16.5. The van der Waals surface area contributed by atoms with Crippen LogP contribution in [-0.4, -0.2) is 41.2 Å². The maximum atomic E-state index is 13.3. The van der Waals surface area contributed by atoms with Gasteiger partial charge in [0.05, 0.1) is 18.3 Å². The van der Waals surface area contributed by atoms with Crippen molar-refractivity contribution in [1.82, 2.24) is 0 Å². The van der Waals surface area contributed by atoms with Crippen LogP contribution in [0.15, 0.2) is 30.3 Å². The van der Waals surface area contributed by atoms with Crippen LogP contribution in [0.3, 0.4) is 0 Å². The van der Waals surface area contributed by atoms with Gasteiger partial charge in [-0.05, 0) is 67.9 Å². The van der Waals surface area contributed by atoms with Crippen molar-refractivity contribution in [3.05, 3.63) is 35.9 Å². The number of halogens is 1. The third-order valence-electron chi connectivity index (χ3n) is 10.7. The predicted octanol–water partition coefficient (Wildman–Crippen LogP) is 5.77. The van der Waals surface area contributed by atoms with Crippen LogP contribution in [0.4, 0.5) is 0 Å². The normalized spacial score (nSPS) is 46.3. The van der Waals surface area contributed by atoms with Gasteiger partial charge < -0.3 is 14.6 Å². The molecule has 0 radical (unpaired) electrons. The fourth-order valence-corrected chi connectivity index (χ4v) is 9.58. The highest BCUT2D eigenvalue weighted by Crippen LogP contribution is 2.74. The van der Waals surface area contributed by atoms with Crippen LogP contribution in [0.1, 0.15) is 83.0 Å². The second-order valence-corrected chi connectivity index (χ2v) is 13.2. The number of alkyl halides is 1. The summed E-state index contributed by atoms with van der Waals surface area (Å²) in [5, 5.41) is 11.5. The zero-order chi connectivity index (χ0) is 25.2. The van der Waals surface area contributed by atoms with Gasteiger partial charge in [0.2, 0.25) is 0 Å². The fraction of sp³-hybridized carbons (Fsp3) is 0.724. The summed E-state index contributed by atoms with van der Waals surface area (Å²) in [5.74, 6) is -0.0906. The van der Waals surface area contributed by atoms with E-state index in [1.807, 2.05) is 18.2 Å². The third-order valence-corrected chi connectivity index (χ3v) is 11.4. The van der Waals surface area contributed by atoms with Crippen molar-refractivity contribution in [3.8, 4) is 0 Å².